The van der Waals surface area contributed by atoms with Gasteiger partial charge in [0, 0.05) is 13.0 Å². The topological polar surface area (TPSA) is 64.6 Å². The third-order valence-corrected chi connectivity index (χ3v) is 7.47. The predicted molar refractivity (Wildman–Crippen MR) is 122 cm³/mol. The Balaban J connectivity index is 1.42. The third kappa shape index (κ3) is 5.45. The number of ether oxygens (including phenoxy) is 7. The highest BCUT2D eigenvalue weighted by atomic mass is 16.8. The zero-order valence-electron chi connectivity index (χ0n) is 20.9. The molecule has 186 valence electrons. The van der Waals surface area contributed by atoms with E-state index in [1.807, 2.05) is 39.0 Å². The Kier molecular flexibility index (Phi) is 7.80. The highest BCUT2D eigenvalue weighted by Gasteiger charge is 2.56. The molecule has 3 aliphatic heterocycles. The molecule has 0 N–H and O–H groups in total. The van der Waals surface area contributed by atoms with E-state index >= 15 is 0 Å². The van der Waals surface area contributed by atoms with E-state index in [9.17, 15) is 0 Å². The Morgan fingerprint density at radius 1 is 0.848 bits per heavy atom. The molecule has 0 bridgehead atoms. The van der Waals surface area contributed by atoms with E-state index in [-0.39, 0.29) is 42.7 Å². The molecular weight excluding hydrogens is 424 g/mol. The molecule has 0 aliphatic carbocycles. The Labute approximate surface area is 198 Å². The van der Waals surface area contributed by atoms with Crippen molar-refractivity contribution in [1.82, 2.24) is 0 Å². The molecular formula is C26H40O7. The molecule has 3 fully saturated rings. The summed E-state index contributed by atoms with van der Waals surface area (Å²) in [6, 6.07) is 10.2. The Morgan fingerprint density at radius 2 is 1.55 bits per heavy atom. The van der Waals surface area contributed by atoms with Crippen LogP contribution in [0.5, 0.6) is 0 Å². The molecule has 3 saturated heterocycles. The zero-order chi connectivity index (χ0) is 23.8. The lowest BCUT2D eigenvalue weighted by Gasteiger charge is -2.47. The summed E-state index contributed by atoms with van der Waals surface area (Å²) in [6.45, 7) is 13.6. The molecule has 10 atom stereocenters. The Morgan fingerprint density at radius 3 is 2.24 bits per heavy atom. The van der Waals surface area contributed by atoms with Gasteiger partial charge in [0.15, 0.2) is 18.4 Å². The second-order valence-electron chi connectivity index (χ2n) is 10.2. The molecule has 4 rings (SSSR count). The lowest BCUT2D eigenvalue weighted by molar-refractivity contribution is -0.325. The summed E-state index contributed by atoms with van der Waals surface area (Å²) in [6.07, 6.45) is -2.14. The van der Waals surface area contributed by atoms with Gasteiger partial charge in [0.05, 0.1) is 25.4 Å². The minimum atomic E-state index is -0.726. The molecule has 3 aliphatic rings. The summed E-state index contributed by atoms with van der Waals surface area (Å²) in [7, 11) is 1.62. The van der Waals surface area contributed by atoms with Crippen molar-refractivity contribution in [1.29, 1.82) is 0 Å². The smallest absolute Gasteiger partial charge is 0.186 e. The van der Waals surface area contributed by atoms with Crippen LogP contribution in [-0.4, -0.2) is 62.6 Å². The van der Waals surface area contributed by atoms with Gasteiger partial charge in [-0.3, -0.25) is 0 Å². The number of hydrogen-bond acceptors (Lipinski definition) is 7. The average molecular weight is 465 g/mol. The number of fused-ring (bicyclic) bond motifs is 1. The fourth-order valence-electron chi connectivity index (χ4n) is 5.15. The maximum absolute atomic E-state index is 6.61. The lowest BCUT2D eigenvalue weighted by Crippen LogP contribution is -2.59. The first kappa shape index (κ1) is 25.0. The normalized spacial score (nSPS) is 42.8. The van der Waals surface area contributed by atoms with Gasteiger partial charge in [0.1, 0.15) is 18.3 Å². The van der Waals surface area contributed by atoms with E-state index in [0.29, 0.717) is 25.0 Å². The fourth-order valence-corrected chi connectivity index (χ4v) is 5.15. The van der Waals surface area contributed by atoms with Gasteiger partial charge in [-0.25, -0.2) is 0 Å². The van der Waals surface area contributed by atoms with E-state index in [0.717, 1.165) is 5.56 Å². The second kappa shape index (κ2) is 10.3. The number of hydrogen-bond donors (Lipinski definition) is 0. The van der Waals surface area contributed by atoms with Crippen molar-refractivity contribution in [2.75, 3.05) is 13.7 Å². The van der Waals surface area contributed by atoms with Crippen LogP contribution < -0.4 is 0 Å². The van der Waals surface area contributed by atoms with Crippen molar-refractivity contribution in [3.05, 3.63) is 35.9 Å². The zero-order valence-corrected chi connectivity index (χ0v) is 20.9. The van der Waals surface area contributed by atoms with Gasteiger partial charge in [-0.05, 0) is 38.2 Å². The van der Waals surface area contributed by atoms with Crippen molar-refractivity contribution in [2.24, 2.45) is 17.8 Å². The summed E-state index contributed by atoms with van der Waals surface area (Å²) < 4.78 is 43.1. The molecule has 3 heterocycles. The molecule has 0 aromatic heterocycles. The molecule has 0 saturated carbocycles. The Hall–Kier alpha value is -1.06. The van der Waals surface area contributed by atoms with Gasteiger partial charge in [0.25, 0.3) is 0 Å². The maximum atomic E-state index is 6.61. The summed E-state index contributed by atoms with van der Waals surface area (Å²) >= 11 is 0. The van der Waals surface area contributed by atoms with Gasteiger partial charge in [-0.2, -0.15) is 0 Å². The van der Waals surface area contributed by atoms with Crippen molar-refractivity contribution < 1.29 is 33.2 Å². The van der Waals surface area contributed by atoms with E-state index in [1.165, 1.54) is 0 Å². The third-order valence-electron chi connectivity index (χ3n) is 7.47. The quantitative estimate of drug-likeness (QED) is 0.601. The van der Waals surface area contributed by atoms with Crippen LogP contribution in [-0.2, 0) is 39.8 Å². The first-order valence-corrected chi connectivity index (χ1v) is 12.2. The number of rotatable bonds is 7. The van der Waals surface area contributed by atoms with Gasteiger partial charge in [-0.1, -0.05) is 51.1 Å². The molecule has 7 heteroatoms. The SMILES string of the molecule is COC1OC(C)C(OC2OC(COCc3ccccc3)C(C)C(C)C2C)C2OC(C)(C)OC12. The van der Waals surface area contributed by atoms with Crippen molar-refractivity contribution >= 4 is 0 Å². The van der Waals surface area contributed by atoms with E-state index in [2.05, 4.69) is 32.9 Å². The maximum Gasteiger partial charge on any atom is 0.186 e. The van der Waals surface area contributed by atoms with E-state index in [1.54, 1.807) is 7.11 Å². The van der Waals surface area contributed by atoms with E-state index < -0.39 is 12.1 Å². The fraction of sp³-hybridized carbons (Fsp3) is 0.769. The summed E-state index contributed by atoms with van der Waals surface area (Å²) in [5.41, 5.74) is 1.16. The lowest BCUT2D eigenvalue weighted by atomic mass is 9.79. The van der Waals surface area contributed by atoms with Crippen LogP contribution in [0.4, 0.5) is 0 Å². The number of benzene rings is 1. The predicted octanol–water partition coefficient (Wildman–Crippen LogP) is 4.13. The highest BCUT2D eigenvalue weighted by Crippen LogP contribution is 2.42. The van der Waals surface area contributed by atoms with Crippen LogP contribution in [0.1, 0.15) is 47.1 Å². The molecule has 0 radical (unpaired) electrons. The minimum Gasteiger partial charge on any atom is -0.374 e. The van der Waals surface area contributed by atoms with Crippen molar-refractivity contribution in [3.63, 3.8) is 0 Å². The van der Waals surface area contributed by atoms with Crippen LogP contribution in [0.25, 0.3) is 0 Å². The summed E-state index contributed by atoms with van der Waals surface area (Å²) in [4.78, 5) is 0. The molecule has 0 amide bonds. The van der Waals surface area contributed by atoms with Gasteiger partial charge < -0.3 is 33.2 Å². The van der Waals surface area contributed by atoms with Crippen LogP contribution in [0.2, 0.25) is 0 Å². The van der Waals surface area contributed by atoms with Crippen molar-refractivity contribution in [3.8, 4) is 0 Å². The molecule has 1 aromatic carbocycles. The first-order chi connectivity index (χ1) is 15.7. The van der Waals surface area contributed by atoms with E-state index in [4.69, 9.17) is 33.2 Å². The van der Waals surface area contributed by atoms with Crippen LogP contribution in [0.15, 0.2) is 30.3 Å². The standard InChI is InChI=1S/C26H40O7/c1-15-16(2)20(14-28-13-19-11-9-8-10-12-19)30-24(17(15)3)31-21-18(4)29-25(27-7)23-22(21)32-26(5,6)33-23/h8-12,15-18,20-25H,13-14H2,1-7H3. The summed E-state index contributed by atoms with van der Waals surface area (Å²) in [5, 5.41) is 0. The van der Waals surface area contributed by atoms with Crippen LogP contribution >= 0.6 is 0 Å². The largest absolute Gasteiger partial charge is 0.374 e. The average Bonchev–Trinajstić information content (AvgIpc) is 3.12. The van der Waals surface area contributed by atoms with Gasteiger partial charge in [0.2, 0.25) is 0 Å². The van der Waals surface area contributed by atoms with Gasteiger partial charge >= 0.3 is 0 Å². The van der Waals surface area contributed by atoms with Crippen LogP contribution in [0.3, 0.4) is 0 Å². The molecule has 1 aromatic rings. The molecule has 7 nitrogen and oxygen atoms in total. The Bertz CT molecular complexity index is 756. The van der Waals surface area contributed by atoms with Crippen LogP contribution in [0, 0.1) is 17.8 Å². The summed E-state index contributed by atoms with van der Waals surface area (Å²) in [5.74, 6) is 0.252. The molecule has 33 heavy (non-hydrogen) atoms. The number of methoxy groups -OCH3 is 1. The second-order valence-corrected chi connectivity index (χ2v) is 10.2. The minimum absolute atomic E-state index is 0.0514. The van der Waals surface area contributed by atoms with Gasteiger partial charge in [-0.15, -0.1) is 0 Å². The highest BCUT2D eigenvalue weighted by molar-refractivity contribution is 5.13. The van der Waals surface area contributed by atoms with Crippen molar-refractivity contribution in [2.45, 2.75) is 97.0 Å². The monoisotopic (exact) mass is 464 g/mol. The molecule has 0 spiro atoms. The first-order valence-electron chi connectivity index (χ1n) is 12.2. The molecule has 10 unspecified atom stereocenters.